The summed E-state index contributed by atoms with van der Waals surface area (Å²) >= 11 is 1.98. The summed E-state index contributed by atoms with van der Waals surface area (Å²) in [7, 11) is 0. The highest BCUT2D eigenvalue weighted by atomic mass is 32.2. The number of carbonyl (C=O) groups is 1. The van der Waals surface area contributed by atoms with Crippen LogP contribution in [0.15, 0.2) is 0 Å². The quantitative estimate of drug-likeness (QED) is 0.836. The minimum atomic E-state index is 0.0390. The zero-order chi connectivity index (χ0) is 12.4. The van der Waals surface area contributed by atoms with Gasteiger partial charge in [-0.05, 0) is 24.5 Å². The van der Waals surface area contributed by atoms with Crippen molar-refractivity contribution in [3.8, 4) is 0 Å². The van der Waals surface area contributed by atoms with E-state index < -0.39 is 0 Å². The fourth-order valence-corrected chi connectivity index (χ4v) is 4.03. The molecule has 2 aliphatic rings. The number of nitrogens with one attached hydrogen (secondary N) is 1. The van der Waals surface area contributed by atoms with Crippen LogP contribution < -0.4 is 5.32 Å². The number of hydrogen-bond acceptors (Lipinski definition) is 3. The van der Waals surface area contributed by atoms with Crippen molar-refractivity contribution >= 4 is 17.7 Å². The molecule has 4 heteroatoms. The van der Waals surface area contributed by atoms with Crippen molar-refractivity contribution in [1.29, 1.82) is 0 Å². The molecule has 0 aliphatic carbocycles. The molecule has 1 amide bonds. The van der Waals surface area contributed by atoms with Crippen molar-refractivity contribution in [3.63, 3.8) is 0 Å². The van der Waals surface area contributed by atoms with Gasteiger partial charge in [0.25, 0.3) is 0 Å². The number of amides is 1. The molecule has 3 nitrogen and oxygen atoms in total. The highest BCUT2D eigenvalue weighted by Gasteiger charge is 2.43. The molecule has 2 rings (SSSR count). The number of nitrogens with zero attached hydrogens (tertiary/aromatic N) is 1. The van der Waals surface area contributed by atoms with Crippen molar-refractivity contribution in [1.82, 2.24) is 10.2 Å². The Labute approximate surface area is 109 Å². The van der Waals surface area contributed by atoms with Crippen molar-refractivity contribution in [3.05, 3.63) is 0 Å². The smallest absolute Gasteiger partial charge is 0.241 e. The second-order valence-corrected chi connectivity index (χ2v) is 6.61. The lowest BCUT2D eigenvalue weighted by molar-refractivity contribution is -0.132. The molecule has 2 saturated heterocycles. The molecule has 0 aromatic heterocycles. The van der Waals surface area contributed by atoms with Crippen LogP contribution in [-0.4, -0.2) is 40.6 Å². The molecular formula is C13H24N2OS. The van der Waals surface area contributed by atoms with E-state index in [4.69, 9.17) is 0 Å². The first kappa shape index (κ1) is 13.2. The average molecular weight is 256 g/mol. The van der Waals surface area contributed by atoms with Gasteiger partial charge in [0.2, 0.25) is 5.91 Å². The fraction of sp³-hybridized carbons (Fsp3) is 0.923. The summed E-state index contributed by atoms with van der Waals surface area (Å²) in [5.41, 5.74) is 0. The first-order valence-electron chi connectivity index (χ1n) is 6.81. The van der Waals surface area contributed by atoms with Gasteiger partial charge in [0.1, 0.15) is 0 Å². The van der Waals surface area contributed by atoms with E-state index in [-0.39, 0.29) is 12.2 Å². The van der Waals surface area contributed by atoms with E-state index in [1.807, 2.05) is 11.8 Å². The van der Waals surface area contributed by atoms with E-state index in [2.05, 4.69) is 31.0 Å². The minimum absolute atomic E-state index is 0.0390. The largest absolute Gasteiger partial charge is 0.322 e. The van der Waals surface area contributed by atoms with Crippen molar-refractivity contribution < 1.29 is 4.79 Å². The first-order chi connectivity index (χ1) is 8.15. The van der Waals surface area contributed by atoms with Gasteiger partial charge in [0.15, 0.2) is 0 Å². The lowest BCUT2D eigenvalue weighted by atomic mass is 10.0. The molecule has 0 aromatic rings. The molecule has 3 unspecified atom stereocenters. The number of hydrogen-bond donors (Lipinski definition) is 1. The topological polar surface area (TPSA) is 32.3 Å². The Morgan fingerprint density at radius 3 is 2.82 bits per heavy atom. The average Bonchev–Trinajstić information content (AvgIpc) is 2.86. The summed E-state index contributed by atoms with van der Waals surface area (Å²) in [5, 5.41) is 3.54. The molecule has 17 heavy (non-hydrogen) atoms. The molecule has 0 bridgehead atoms. The van der Waals surface area contributed by atoms with Gasteiger partial charge in [-0.2, -0.15) is 11.8 Å². The SMILES string of the molecule is CCCC1NC(C(C)C)C(=O)N1C1CCSC1. The normalized spacial score (nSPS) is 34.0. The zero-order valence-corrected chi connectivity index (χ0v) is 11.9. The fourth-order valence-electron chi connectivity index (χ4n) is 2.82. The Morgan fingerprint density at radius 2 is 2.29 bits per heavy atom. The summed E-state index contributed by atoms with van der Waals surface area (Å²) in [5.74, 6) is 3.06. The second-order valence-electron chi connectivity index (χ2n) is 5.46. The molecule has 2 heterocycles. The van der Waals surface area contributed by atoms with Crippen LogP contribution in [0.4, 0.5) is 0 Å². The van der Waals surface area contributed by atoms with E-state index in [0.29, 0.717) is 17.9 Å². The maximum atomic E-state index is 12.5. The van der Waals surface area contributed by atoms with Crippen molar-refractivity contribution in [2.75, 3.05) is 11.5 Å². The highest BCUT2D eigenvalue weighted by molar-refractivity contribution is 7.99. The summed E-state index contributed by atoms with van der Waals surface area (Å²) in [4.78, 5) is 14.6. The van der Waals surface area contributed by atoms with Gasteiger partial charge in [-0.1, -0.05) is 27.2 Å². The number of thioether (sulfide) groups is 1. The van der Waals surface area contributed by atoms with Crippen LogP contribution in [0, 0.1) is 5.92 Å². The molecule has 2 fully saturated rings. The maximum absolute atomic E-state index is 12.5. The molecule has 0 aromatic carbocycles. The lowest BCUT2D eigenvalue weighted by Gasteiger charge is -2.29. The van der Waals surface area contributed by atoms with E-state index in [1.54, 1.807) is 0 Å². The predicted molar refractivity (Wildman–Crippen MR) is 73.0 cm³/mol. The Kier molecular flexibility index (Phi) is 4.36. The molecular weight excluding hydrogens is 232 g/mol. The lowest BCUT2D eigenvalue weighted by Crippen LogP contribution is -2.44. The highest BCUT2D eigenvalue weighted by Crippen LogP contribution is 2.29. The second kappa shape index (κ2) is 5.61. The standard InChI is InChI=1S/C13H24N2OS/c1-4-5-11-14-12(9(2)3)13(16)15(11)10-6-7-17-8-10/h9-12,14H,4-8H2,1-3H3. The molecule has 1 N–H and O–H groups in total. The van der Waals surface area contributed by atoms with E-state index >= 15 is 0 Å². The van der Waals surface area contributed by atoms with Gasteiger partial charge in [0, 0.05) is 11.8 Å². The molecule has 3 atom stereocenters. The third-order valence-corrected chi connectivity index (χ3v) is 4.90. The summed E-state index contributed by atoms with van der Waals surface area (Å²) in [6.07, 6.45) is 3.66. The maximum Gasteiger partial charge on any atom is 0.241 e. The molecule has 98 valence electrons. The third kappa shape index (κ3) is 2.63. The predicted octanol–water partition coefficient (Wildman–Crippen LogP) is 2.07. The number of carbonyl (C=O) groups excluding carboxylic acids is 1. The van der Waals surface area contributed by atoms with E-state index in [9.17, 15) is 4.79 Å². The van der Waals surface area contributed by atoms with Crippen LogP contribution in [0.25, 0.3) is 0 Å². The van der Waals surface area contributed by atoms with Gasteiger partial charge in [-0.25, -0.2) is 0 Å². The van der Waals surface area contributed by atoms with Crippen molar-refractivity contribution in [2.24, 2.45) is 5.92 Å². The molecule has 0 radical (unpaired) electrons. The van der Waals surface area contributed by atoms with Gasteiger partial charge < -0.3 is 4.90 Å². The monoisotopic (exact) mass is 256 g/mol. The van der Waals surface area contributed by atoms with Gasteiger partial charge in [-0.3, -0.25) is 10.1 Å². The van der Waals surface area contributed by atoms with Crippen LogP contribution in [0.3, 0.4) is 0 Å². The van der Waals surface area contributed by atoms with Crippen molar-refractivity contribution in [2.45, 2.75) is 58.3 Å². The Hall–Kier alpha value is -0.220. The Balaban J connectivity index is 2.11. The summed E-state index contributed by atoms with van der Waals surface area (Å²) < 4.78 is 0. The van der Waals surface area contributed by atoms with Crippen LogP contribution in [-0.2, 0) is 4.79 Å². The van der Waals surface area contributed by atoms with Crippen LogP contribution >= 0.6 is 11.8 Å². The summed E-state index contributed by atoms with van der Waals surface area (Å²) in [6.45, 7) is 6.45. The van der Waals surface area contributed by atoms with E-state index in [1.165, 1.54) is 12.2 Å². The Morgan fingerprint density at radius 1 is 1.53 bits per heavy atom. The van der Waals surface area contributed by atoms with Crippen LogP contribution in [0.1, 0.15) is 40.0 Å². The minimum Gasteiger partial charge on any atom is -0.322 e. The van der Waals surface area contributed by atoms with Gasteiger partial charge in [0.05, 0.1) is 12.2 Å². The third-order valence-electron chi connectivity index (χ3n) is 3.76. The summed E-state index contributed by atoms with van der Waals surface area (Å²) in [6, 6.07) is 0.512. The van der Waals surface area contributed by atoms with Gasteiger partial charge in [-0.15, -0.1) is 0 Å². The first-order valence-corrected chi connectivity index (χ1v) is 7.96. The zero-order valence-electron chi connectivity index (χ0n) is 11.1. The van der Waals surface area contributed by atoms with Crippen LogP contribution in [0.5, 0.6) is 0 Å². The molecule has 0 saturated carbocycles. The van der Waals surface area contributed by atoms with E-state index in [0.717, 1.165) is 18.6 Å². The van der Waals surface area contributed by atoms with Crippen LogP contribution in [0.2, 0.25) is 0 Å². The number of rotatable bonds is 4. The molecule has 2 aliphatic heterocycles. The van der Waals surface area contributed by atoms with Gasteiger partial charge >= 0.3 is 0 Å². The molecule has 0 spiro atoms. The Bertz CT molecular complexity index is 277.